The molecule has 0 saturated heterocycles. The van der Waals surface area contributed by atoms with Crippen molar-refractivity contribution in [2.24, 2.45) is 0 Å². The van der Waals surface area contributed by atoms with Crippen LogP contribution in [0, 0.1) is 5.82 Å². The molecule has 26 heavy (non-hydrogen) atoms. The van der Waals surface area contributed by atoms with E-state index in [1.807, 2.05) is 0 Å². The highest BCUT2D eigenvalue weighted by molar-refractivity contribution is 7.92. The van der Waals surface area contributed by atoms with Gasteiger partial charge in [0.1, 0.15) is 11.9 Å². The minimum absolute atomic E-state index is 0.0893. The number of sulfonamides is 1. The van der Waals surface area contributed by atoms with Crippen LogP contribution >= 0.6 is 0 Å². The van der Waals surface area contributed by atoms with Crippen molar-refractivity contribution in [3.05, 3.63) is 30.1 Å². The number of rotatable bonds is 6. The fourth-order valence-corrected chi connectivity index (χ4v) is 4.76. The Bertz CT molecular complexity index is 683. The van der Waals surface area contributed by atoms with E-state index in [0.29, 0.717) is 12.1 Å². The number of carbonyl (C=O) groups is 1. The summed E-state index contributed by atoms with van der Waals surface area (Å²) in [5, 5.41) is 3.05. The van der Waals surface area contributed by atoms with Crippen LogP contribution in [0.25, 0.3) is 0 Å². The van der Waals surface area contributed by atoms with E-state index < -0.39 is 21.9 Å². The molecule has 0 heterocycles. The zero-order valence-corrected chi connectivity index (χ0v) is 16.4. The lowest BCUT2D eigenvalue weighted by molar-refractivity contribution is -0.123. The van der Waals surface area contributed by atoms with Crippen molar-refractivity contribution in [1.82, 2.24) is 5.32 Å². The predicted molar refractivity (Wildman–Crippen MR) is 102 cm³/mol. The van der Waals surface area contributed by atoms with Gasteiger partial charge in [-0.25, -0.2) is 12.8 Å². The third-order valence-corrected chi connectivity index (χ3v) is 6.04. The Morgan fingerprint density at radius 3 is 2.19 bits per heavy atom. The van der Waals surface area contributed by atoms with Crippen LogP contribution in [0.15, 0.2) is 24.3 Å². The quantitative estimate of drug-likeness (QED) is 0.815. The molecule has 7 heteroatoms. The first kappa shape index (κ1) is 20.7. The molecular weight excluding hydrogens is 355 g/mol. The van der Waals surface area contributed by atoms with Crippen molar-refractivity contribution in [3.8, 4) is 0 Å². The molecule has 1 saturated carbocycles. The third kappa shape index (κ3) is 5.69. The van der Waals surface area contributed by atoms with Gasteiger partial charge in [0.25, 0.3) is 0 Å². The van der Waals surface area contributed by atoms with Gasteiger partial charge in [-0.1, -0.05) is 39.0 Å². The van der Waals surface area contributed by atoms with Gasteiger partial charge in [0, 0.05) is 6.04 Å². The van der Waals surface area contributed by atoms with E-state index in [1.54, 1.807) is 6.92 Å². The Hall–Kier alpha value is -1.63. The van der Waals surface area contributed by atoms with Gasteiger partial charge in [0.2, 0.25) is 15.9 Å². The molecule has 1 amide bonds. The number of halogens is 1. The number of hydrogen-bond donors (Lipinski definition) is 1. The molecule has 1 aliphatic rings. The molecule has 1 N–H and O–H groups in total. The molecule has 146 valence electrons. The monoisotopic (exact) mass is 384 g/mol. The van der Waals surface area contributed by atoms with Gasteiger partial charge in [-0.15, -0.1) is 0 Å². The predicted octanol–water partition coefficient (Wildman–Crippen LogP) is 3.60. The maximum absolute atomic E-state index is 13.2. The molecule has 0 bridgehead atoms. The first-order valence-corrected chi connectivity index (χ1v) is 11.2. The number of hydrogen-bond acceptors (Lipinski definition) is 3. The molecule has 1 aromatic rings. The highest BCUT2D eigenvalue weighted by Gasteiger charge is 2.32. The molecule has 0 spiro atoms. The molecule has 2 rings (SSSR count). The van der Waals surface area contributed by atoms with Crippen molar-refractivity contribution in [1.29, 1.82) is 0 Å². The second-order valence-electron chi connectivity index (χ2n) is 7.01. The molecule has 0 aliphatic heterocycles. The second-order valence-corrected chi connectivity index (χ2v) is 8.87. The van der Waals surface area contributed by atoms with Crippen molar-refractivity contribution >= 4 is 21.6 Å². The minimum Gasteiger partial charge on any atom is -0.352 e. The van der Waals surface area contributed by atoms with Crippen molar-refractivity contribution in [2.45, 2.75) is 70.4 Å². The average molecular weight is 385 g/mol. The van der Waals surface area contributed by atoms with Gasteiger partial charge in [0.05, 0.1) is 11.9 Å². The van der Waals surface area contributed by atoms with Gasteiger partial charge in [-0.3, -0.25) is 9.10 Å². The maximum Gasteiger partial charge on any atom is 0.244 e. The van der Waals surface area contributed by atoms with E-state index in [0.717, 1.165) is 36.2 Å². The highest BCUT2D eigenvalue weighted by Crippen LogP contribution is 2.24. The summed E-state index contributed by atoms with van der Waals surface area (Å²) in [6, 6.07) is 4.43. The largest absolute Gasteiger partial charge is 0.352 e. The SMILES string of the molecule is CC[C@H](C(=O)NC1CCCCCCC1)N(c1ccc(F)cc1)S(C)(=O)=O. The van der Waals surface area contributed by atoms with E-state index in [2.05, 4.69) is 5.32 Å². The van der Waals surface area contributed by atoms with Crippen LogP contribution in [0.3, 0.4) is 0 Å². The fourth-order valence-electron chi connectivity index (χ4n) is 3.55. The van der Waals surface area contributed by atoms with E-state index in [9.17, 15) is 17.6 Å². The summed E-state index contributed by atoms with van der Waals surface area (Å²) in [6.07, 6.45) is 9.01. The number of nitrogens with one attached hydrogen (secondary N) is 1. The Labute approximate surface area is 156 Å². The van der Waals surface area contributed by atoms with Crippen LogP contribution in [0.2, 0.25) is 0 Å². The lowest BCUT2D eigenvalue weighted by atomic mass is 9.96. The summed E-state index contributed by atoms with van der Waals surface area (Å²) in [7, 11) is -3.69. The van der Waals surface area contributed by atoms with E-state index in [4.69, 9.17) is 0 Å². The highest BCUT2D eigenvalue weighted by atomic mass is 32.2. The lowest BCUT2D eigenvalue weighted by Crippen LogP contribution is -2.51. The van der Waals surface area contributed by atoms with Crippen molar-refractivity contribution < 1.29 is 17.6 Å². The summed E-state index contributed by atoms with van der Waals surface area (Å²) >= 11 is 0. The first-order valence-electron chi connectivity index (χ1n) is 9.38. The molecular formula is C19H29FN2O3S. The smallest absolute Gasteiger partial charge is 0.244 e. The molecule has 1 aromatic carbocycles. The molecule has 1 aliphatic carbocycles. The van der Waals surface area contributed by atoms with Crippen molar-refractivity contribution in [3.63, 3.8) is 0 Å². The van der Waals surface area contributed by atoms with Gasteiger partial charge in [0.15, 0.2) is 0 Å². The van der Waals surface area contributed by atoms with Crippen LogP contribution in [-0.2, 0) is 14.8 Å². The number of benzene rings is 1. The standard InChI is InChI=1S/C19H29FN2O3S/c1-3-18(19(23)21-16-9-7-5-4-6-8-10-16)22(26(2,24)25)17-13-11-15(20)12-14-17/h11-14,16,18H,3-10H2,1-2H3,(H,21,23)/t18-/m1/s1. The van der Waals surface area contributed by atoms with Crippen LogP contribution in [0.1, 0.15) is 58.3 Å². The summed E-state index contributed by atoms with van der Waals surface area (Å²) in [5.41, 5.74) is 0.300. The average Bonchev–Trinajstić information content (AvgIpc) is 2.54. The molecule has 1 atom stereocenters. The first-order chi connectivity index (χ1) is 12.3. The summed E-state index contributed by atoms with van der Waals surface area (Å²) in [6.45, 7) is 1.78. The van der Waals surface area contributed by atoms with E-state index in [-0.39, 0.29) is 11.9 Å². The van der Waals surface area contributed by atoms with Gasteiger partial charge in [-0.2, -0.15) is 0 Å². The molecule has 5 nitrogen and oxygen atoms in total. The number of carbonyl (C=O) groups excluding carboxylic acids is 1. The normalized spacial score (nSPS) is 17.8. The zero-order valence-electron chi connectivity index (χ0n) is 15.6. The minimum atomic E-state index is -3.69. The molecule has 1 fully saturated rings. The molecule has 0 unspecified atom stereocenters. The summed E-state index contributed by atoms with van der Waals surface area (Å²) in [5.74, 6) is -0.734. The van der Waals surface area contributed by atoms with Crippen LogP contribution in [0.4, 0.5) is 10.1 Å². The summed E-state index contributed by atoms with van der Waals surface area (Å²) in [4.78, 5) is 12.9. The maximum atomic E-state index is 13.2. The molecule has 0 radical (unpaired) electrons. The van der Waals surface area contributed by atoms with Crippen LogP contribution in [0.5, 0.6) is 0 Å². The summed E-state index contributed by atoms with van der Waals surface area (Å²) < 4.78 is 39.1. The Morgan fingerprint density at radius 2 is 1.69 bits per heavy atom. The van der Waals surface area contributed by atoms with Crippen LogP contribution < -0.4 is 9.62 Å². The van der Waals surface area contributed by atoms with Gasteiger partial charge in [-0.05, 0) is 43.5 Å². The van der Waals surface area contributed by atoms with Crippen LogP contribution in [-0.4, -0.2) is 32.7 Å². The van der Waals surface area contributed by atoms with E-state index in [1.165, 1.54) is 43.5 Å². The van der Waals surface area contributed by atoms with Crippen molar-refractivity contribution in [2.75, 3.05) is 10.6 Å². The lowest BCUT2D eigenvalue weighted by Gasteiger charge is -2.32. The van der Waals surface area contributed by atoms with E-state index >= 15 is 0 Å². The fraction of sp³-hybridized carbons (Fsp3) is 0.632. The van der Waals surface area contributed by atoms with Gasteiger partial charge < -0.3 is 5.32 Å². The second kappa shape index (κ2) is 9.35. The number of anilines is 1. The Balaban J connectivity index is 2.20. The Kier molecular flexibility index (Phi) is 7.43. The zero-order chi connectivity index (χ0) is 19.2. The number of nitrogens with zero attached hydrogens (tertiary/aromatic N) is 1. The van der Waals surface area contributed by atoms with Gasteiger partial charge >= 0.3 is 0 Å². The number of amides is 1. The third-order valence-electron chi connectivity index (χ3n) is 4.86. The molecule has 0 aromatic heterocycles. The Morgan fingerprint density at radius 1 is 1.15 bits per heavy atom. The topological polar surface area (TPSA) is 66.5 Å².